The molecule has 0 bridgehead atoms. The summed E-state index contributed by atoms with van der Waals surface area (Å²) in [7, 11) is 0. The van der Waals surface area contributed by atoms with Gasteiger partial charge in [0.05, 0.1) is 16.8 Å². The van der Waals surface area contributed by atoms with E-state index in [-0.39, 0.29) is 6.04 Å². The summed E-state index contributed by atoms with van der Waals surface area (Å²) in [6, 6.07) is 13.9. The summed E-state index contributed by atoms with van der Waals surface area (Å²) < 4.78 is 5.87. The summed E-state index contributed by atoms with van der Waals surface area (Å²) >= 11 is 11.7. The molecule has 0 aliphatic carbocycles. The van der Waals surface area contributed by atoms with Crippen molar-refractivity contribution in [2.45, 2.75) is 26.8 Å². The molecule has 1 atom stereocenters. The Morgan fingerprint density at radius 3 is 2.62 bits per heavy atom. The Hall–Kier alpha value is -2.04. The third kappa shape index (κ3) is 3.55. The first-order valence-electron chi connectivity index (χ1n) is 7.77. The largest absolute Gasteiger partial charge is 0.459 e. The summed E-state index contributed by atoms with van der Waals surface area (Å²) in [6.07, 6.45) is 0. The van der Waals surface area contributed by atoms with Crippen molar-refractivity contribution in [3.63, 3.8) is 0 Å². The molecule has 0 spiro atoms. The predicted molar refractivity (Wildman–Crippen MR) is 105 cm³/mol. The van der Waals surface area contributed by atoms with Gasteiger partial charge in [-0.15, -0.1) is 0 Å². The van der Waals surface area contributed by atoms with Crippen molar-refractivity contribution in [2.75, 3.05) is 5.32 Å². The van der Waals surface area contributed by atoms with E-state index in [0.29, 0.717) is 10.1 Å². The van der Waals surface area contributed by atoms with E-state index in [4.69, 9.17) is 28.2 Å². The van der Waals surface area contributed by atoms with Crippen molar-refractivity contribution in [2.24, 2.45) is 0 Å². The Kier molecular flexibility index (Phi) is 4.78. The van der Waals surface area contributed by atoms with Crippen LogP contribution in [0.1, 0.15) is 29.9 Å². The van der Waals surface area contributed by atoms with Crippen LogP contribution < -0.4 is 10.6 Å². The molecule has 2 aromatic carbocycles. The van der Waals surface area contributed by atoms with Crippen LogP contribution in [0, 0.1) is 13.8 Å². The van der Waals surface area contributed by atoms with E-state index >= 15 is 0 Å². The third-order valence-electron chi connectivity index (χ3n) is 3.89. The van der Waals surface area contributed by atoms with Gasteiger partial charge >= 0.3 is 0 Å². The van der Waals surface area contributed by atoms with E-state index in [1.54, 1.807) is 0 Å². The minimum atomic E-state index is -0.0538. The minimum Gasteiger partial charge on any atom is -0.459 e. The molecule has 0 saturated carbocycles. The predicted octanol–water partition coefficient (Wildman–Crippen LogP) is 5.75. The van der Waals surface area contributed by atoms with E-state index < -0.39 is 0 Å². The molecule has 5 heteroatoms. The Balaban J connectivity index is 1.72. The molecule has 1 aromatic heterocycles. The average molecular weight is 359 g/mol. The molecule has 0 aliphatic heterocycles. The first-order valence-corrected chi connectivity index (χ1v) is 8.55. The number of para-hydroxylation sites is 1. The van der Waals surface area contributed by atoms with Crippen molar-refractivity contribution >= 4 is 45.6 Å². The molecule has 2 N–H and O–H groups in total. The number of thiocarbonyl (C=S) groups is 1. The van der Waals surface area contributed by atoms with Gasteiger partial charge < -0.3 is 15.1 Å². The fourth-order valence-corrected chi connectivity index (χ4v) is 3.35. The maximum Gasteiger partial charge on any atom is 0.171 e. The normalized spacial score (nSPS) is 12.2. The molecule has 3 nitrogen and oxygen atoms in total. The number of benzene rings is 2. The zero-order chi connectivity index (χ0) is 17.3. The van der Waals surface area contributed by atoms with E-state index in [0.717, 1.165) is 33.5 Å². The van der Waals surface area contributed by atoms with Crippen LogP contribution in [0.4, 0.5) is 5.69 Å². The second-order valence-electron chi connectivity index (χ2n) is 5.95. The topological polar surface area (TPSA) is 37.2 Å². The van der Waals surface area contributed by atoms with Gasteiger partial charge in [-0.3, -0.25) is 0 Å². The maximum absolute atomic E-state index is 6.32. The summed E-state index contributed by atoms with van der Waals surface area (Å²) in [4.78, 5) is 0. The number of furan rings is 1. The van der Waals surface area contributed by atoms with Crippen LogP contribution in [0.5, 0.6) is 0 Å². The molecule has 0 fully saturated rings. The van der Waals surface area contributed by atoms with Gasteiger partial charge in [0.25, 0.3) is 0 Å². The van der Waals surface area contributed by atoms with Crippen molar-refractivity contribution in [3.05, 3.63) is 64.4 Å². The second-order valence-corrected chi connectivity index (χ2v) is 6.76. The Labute approximate surface area is 152 Å². The number of aryl methyl sites for hydroxylation is 2. The molecule has 0 radical (unpaired) electrons. The monoisotopic (exact) mass is 358 g/mol. The molecule has 3 rings (SSSR count). The van der Waals surface area contributed by atoms with Gasteiger partial charge in [0.1, 0.15) is 11.3 Å². The summed E-state index contributed by atoms with van der Waals surface area (Å²) in [5.74, 6) is 0.840. The fraction of sp³-hybridized carbons (Fsp3) is 0.211. The Bertz CT molecular complexity index is 847. The van der Waals surface area contributed by atoms with Gasteiger partial charge in [-0.25, -0.2) is 0 Å². The minimum absolute atomic E-state index is 0.0538. The van der Waals surface area contributed by atoms with E-state index in [2.05, 4.69) is 16.7 Å². The molecular formula is C19H19ClN2OS. The highest BCUT2D eigenvalue weighted by atomic mass is 35.5. The quantitative estimate of drug-likeness (QED) is 0.584. The van der Waals surface area contributed by atoms with Crippen molar-refractivity contribution in [1.82, 2.24) is 5.32 Å². The molecular weight excluding hydrogens is 340 g/mol. The zero-order valence-corrected chi connectivity index (χ0v) is 15.4. The lowest BCUT2D eigenvalue weighted by molar-refractivity contribution is 0.493. The van der Waals surface area contributed by atoms with Crippen LogP contribution in [0.3, 0.4) is 0 Å². The lowest BCUT2D eigenvalue weighted by Gasteiger charge is -2.17. The molecule has 0 unspecified atom stereocenters. The smallest absolute Gasteiger partial charge is 0.171 e. The van der Waals surface area contributed by atoms with Crippen LogP contribution in [0.15, 0.2) is 46.9 Å². The Morgan fingerprint density at radius 2 is 1.92 bits per heavy atom. The van der Waals surface area contributed by atoms with Gasteiger partial charge in [0.2, 0.25) is 0 Å². The van der Waals surface area contributed by atoms with Crippen LogP contribution in [-0.2, 0) is 0 Å². The number of halogens is 1. The molecule has 24 heavy (non-hydrogen) atoms. The molecule has 124 valence electrons. The molecule has 0 aliphatic rings. The van der Waals surface area contributed by atoms with Crippen molar-refractivity contribution in [1.29, 1.82) is 0 Å². The van der Waals surface area contributed by atoms with Gasteiger partial charge in [-0.2, -0.15) is 0 Å². The number of rotatable bonds is 3. The fourth-order valence-electron chi connectivity index (χ4n) is 2.71. The maximum atomic E-state index is 6.32. The van der Waals surface area contributed by atoms with E-state index in [1.165, 1.54) is 0 Å². The highest BCUT2D eigenvalue weighted by molar-refractivity contribution is 7.80. The number of nitrogens with one attached hydrogen (secondary N) is 2. The van der Waals surface area contributed by atoms with Gasteiger partial charge in [0.15, 0.2) is 5.11 Å². The first-order chi connectivity index (χ1) is 11.4. The second kappa shape index (κ2) is 6.83. The van der Waals surface area contributed by atoms with E-state index in [9.17, 15) is 0 Å². The van der Waals surface area contributed by atoms with E-state index in [1.807, 2.05) is 57.2 Å². The first kappa shape index (κ1) is 16.8. The third-order valence-corrected chi connectivity index (χ3v) is 4.41. The van der Waals surface area contributed by atoms with Crippen molar-refractivity contribution < 1.29 is 4.42 Å². The average Bonchev–Trinajstić information content (AvgIpc) is 2.95. The number of fused-ring (bicyclic) bond motifs is 1. The SMILES string of the molecule is Cc1cc(C)c(NC(=S)N[C@@H](C)c2cc3ccccc3o2)c(Cl)c1. The highest BCUT2D eigenvalue weighted by Gasteiger charge is 2.14. The molecule has 3 aromatic rings. The highest BCUT2D eigenvalue weighted by Crippen LogP contribution is 2.28. The lowest BCUT2D eigenvalue weighted by Crippen LogP contribution is -2.31. The summed E-state index contributed by atoms with van der Waals surface area (Å²) in [6.45, 7) is 6.03. The standard InChI is InChI=1S/C19H19ClN2OS/c1-11-8-12(2)18(15(20)9-11)22-19(24)21-13(3)17-10-14-6-4-5-7-16(14)23-17/h4-10,13H,1-3H3,(H2,21,22,24)/t13-/m0/s1. The van der Waals surface area contributed by atoms with Crippen LogP contribution >= 0.6 is 23.8 Å². The zero-order valence-electron chi connectivity index (χ0n) is 13.8. The van der Waals surface area contributed by atoms with Crippen molar-refractivity contribution in [3.8, 4) is 0 Å². The lowest BCUT2D eigenvalue weighted by atomic mass is 10.1. The summed E-state index contributed by atoms with van der Waals surface area (Å²) in [5.41, 5.74) is 3.88. The van der Waals surface area contributed by atoms with Gasteiger partial charge in [0, 0.05) is 5.39 Å². The van der Waals surface area contributed by atoms with Gasteiger partial charge in [-0.1, -0.05) is 35.9 Å². The summed E-state index contributed by atoms with van der Waals surface area (Å²) in [5, 5.41) is 8.68. The van der Waals surface area contributed by atoms with Crippen LogP contribution in [0.25, 0.3) is 11.0 Å². The number of hydrogen-bond acceptors (Lipinski definition) is 2. The van der Waals surface area contributed by atoms with Gasteiger partial charge in [-0.05, 0) is 62.3 Å². The van der Waals surface area contributed by atoms with Crippen LogP contribution in [0.2, 0.25) is 5.02 Å². The Morgan fingerprint density at radius 1 is 1.17 bits per heavy atom. The van der Waals surface area contributed by atoms with Crippen LogP contribution in [-0.4, -0.2) is 5.11 Å². The molecule has 0 saturated heterocycles. The number of hydrogen-bond donors (Lipinski definition) is 2. The number of anilines is 1. The molecule has 1 heterocycles. The molecule has 0 amide bonds.